The molecular weight excluding hydrogens is 376 g/mol. The van der Waals surface area contributed by atoms with Crippen LogP contribution in [-0.4, -0.2) is 26.7 Å². The largest absolute Gasteiger partial charge is 0.383 e. The van der Waals surface area contributed by atoms with Crippen LogP contribution in [0, 0.1) is 0 Å². The normalized spacial score (nSPS) is 13.0. The molecule has 0 aliphatic rings. The van der Waals surface area contributed by atoms with Gasteiger partial charge in [0.05, 0.1) is 16.8 Å². The molecule has 0 saturated heterocycles. The molecule has 0 aliphatic heterocycles. The molecule has 0 bridgehead atoms. The summed E-state index contributed by atoms with van der Waals surface area (Å²) in [6.45, 7) is 0.970. The highest BCUT2D eigenvalue weighted by molar-refractivity contribution is 7.92. The van der Waals surface area contributed by atoms with E-state index in [2.05, 4.69) is 4.40 Å². The maximum Gasteiger partial charge on any atom is 0.294 e. The van der Waals surface area contributed by atoms with Gasteiger partial charge >= 0.3 is 0 Å². The molecule has 23 heavy (non-hydrogen) atoms. The number of ether oxygens (including phenoxy) is 1. The first-order valence-corrected chi connectivity index (χ1v) is 10.1. The van der Waals surface area contributed by atoms with Gasteiger partial charge < -0.3 is 9.30 Å². The van der Waals surface area contributed by atoms with Crippen molar-refractivity contribution < 1.29 is 13.2 Å². The molecule has 2 heterocycles. The molecule has 3 aromatic rings. The summed E-state index contributed by atoms with van der Waals surface area (Å²) in [7, 11) is -2.11. The zero-order valence-corrected chi connectivity index (χ0v) is 15.3. The summed E-state index contributed by atoms with van der Waals surface area (Å²) in [5.74, 6) is 0. The Hall–Kier alpha value is -1.19. The van der Waals surface area contributed by atoms with E-state index in [1.54, 1.807) is 30.7 Å². The van der Waals surface area contributed by atoms with Gasteiger partial charge in [0.2, 0.25) is 4.80 Å². The topological polar surface area (TPSA) is 60.7 Å². The second kappa shape index (κ2) is 6.74. The minimum Gasteiger partial charge on any atom is -0.383 e. The van der Waals surface area contributed by atoms with Gasteiger partial charge in [-0.1, -0.05) is 29.0 Å². The van der Waals surface area contributed by atoms with Crippen LogP contribution in [0.2, 0.25) is 5.02 Å². The van der Waals surface area contributed by atoms with Crippen molar-refractivity contribution in [1.82, 2.24) is 4.57 Å². The SMILES string of the molecule is COCCn1c(=NS(=O)(=O)c2cccs2)sc2cc(Cl)ccc21. The zero-order chi connectivity index (χ0) is 16.4. The average molecular weight is 389 g/mol. The van der Waals surface area contributed by atoms with Crippen molar-refractivity contribution in [3.8, 4) is 0 Å². The van der Waals surface area contributed by atoms with Crippen LogP contribution in [0.25, 0.3) is 10.2 Å². The fourth-order valence-electron chi connectivity index (χ4n) is 2.07. The number of hydrogen-bond acceptors (Lipinski definition) is 5. The second-order valence-electron chi connectivity index (χ2n) is 4.64. The molecule has 0 spiro atoms. The smallest absolute Gasteiger partial charge is 0.294 e. The quantitative estimate of drug-likeness (QED) is 0.673. The Morgan fingerprint density at radius 2 is 2.17 bits per heavy atom. The first-order valence-electron chi connectivity index (χ1n) is 6.63. The van der Waals surface area contributed by atoms with Gasteiger partial charge in [0.25, 0.3) is 10.0 Å². The highest BCUT2D eigenvalue weighted by Crippen LogP contribution is 2.23. The van der Waals surface area contributed by atoms with E-state index >= 15 is 0 Å². The predicted octanol–water partition coefficient (Wildman–Crippen LogP) is 3.35. The molecule has 0 amide bonds. The third-order valence-electron chi connectivity index (χ3n) is 3.11. The number of benzene rings is 1. The monoisotopic (exact) mass is 388 g/mol. The fraction of sp³-hybridized carbons (Fsp3) is 0.214. The highest BCUT2D eigenvalue weighted by Gasteiger charge is 2.15. The van der Waals surface area contributed by atoms with E-state index in [4.69, 9.17) is 16.3 Å². The number of rotatable bonds is 5. The van der Waals surface area contributed by atoms with E-state index < -0.39 is 10.0 Å². The molecule has 122 valence electrons. The van der Waals surface area contributed by atoms with Gasteiger partial charge in [-0.05, 0) is 29.6 Å². The van der Waals surface area contributed by atoms with Crippen LogP contribution in [0.15, 0.2) is 44.3 Å². The molecular formula is C14H13ClN2O3S3. The number of fused-ring (bicyclic) bond motifs is 1. The van der Waals surface area contributed by atoms with E-state index in [-0.39, 0.29) is 4.21 Å². The number of halogens is 1. The summed E-state index contributed by atoms with van der Waals surface area (Å²) in [6, 6.07) is 8.68. The molecule has 0 unspecified atom stereocenters. The van der Waals surface area contributed by atoms with Gasteiger partial charge in [0.15, 0.2) is 0 Å². The lowest BCUT2D eigenvalue weighted by atomic mass is 10.3. The molecule has 0 aliphatic carbocycles. The maximum atomic E-state index is 12.4. The molecule has 5 nitrogen and oxygen atoms in total. The van der Waals surface area contributed by atoms with Crippen molar-refractivity contribution in [3.63, 3.8) is 0 Å². The Kier molecular flexibility index (Phi) is 4.88. The predicted molar refractivity (Wildman–Crippen MR) is 93.8 cm³/mol. The van der Waals surface area contributed by atoms with Crippen molar-refractivity contribution in [3.05, 3.63) is 45.5 Å². The first-order chi connectivity index (χ1) is 11.0. The van der Waals surface area contributed by atoms with Gasteiger partial charge in [-0.25, -0.2) is 0 Å². The molecule has 0 N–H and O–H groups in total. The Balaban J connectivity index is 2.21. The molecule has 0 fully saturated rings. The second-order valence-corrected chi connectivity index (χ2v) is 8.86. The number of thiophene rings is 1. The van der Waals surface area contributed by atoms with Crippen LogP contribution in [0.3, 0.4) is 0 Å². The number of aromatic nitrogens is 1. The van der Waals surface area contributed by atoms with Gasteiger partial charge in [-0.15, -0.1) is 15.7 Å². The summed E-state index contributed by atoms with van der Waals surface area (Å²) >= 11 is 8.47. The molecule has 0 saturated carbocycles. The lowest BCUT2D eigenvalue weighted by molar-refractivity contribution is 0.187. The minimum atomic E-state index is -3.72. The number of nitrogens with zero attached hydrogens (tertiary/aromatic N) is 2. The van der Waals surface area contributed by atoms with Crippen LogP contribution in [0.1, 0.15) is 0 Å². The molecule has 9 heteroatoms. The third kappa shape index (κ3) is 3.51. The summed E-state index contributed by atoms with van der Waals surface area (Å²) < 4.78 is 36.9. The van der Waals surface area contributed by atoms with E-state index in [9.17, 15) is 8.42 Å². The number of hydrogen-bond donors (Lipinski definition) is 0. The van der Waals surface area contributed by atoms with Crippen molar-refractivity contribution in [2.75, 3.05) is 13.7 Å². The average Bonchev–Trinajstić information content (AvgIpc) is 3.12. The summed E-state index contributed by atoms with van der Waals surface area (Å²) in [4.78, 5) is 0.410. The molecule has 2 aromatic heterocycles. The molecule has 0 atom stereocenters. The number of thiazole rings is 1. The van der Waals surface area contributed by atoms with Crippen molar-refractivity contribution in [2.45, 2.75) is 10.8 Å². The van der Waals surface area contributed by atoms with E-state index in [0.717, 1.165) is 21.6 Å². The number of sulfonamides is 1. The Bertz CT molecular complexity index is 988. The van der Waals surface area contributed by atoms with Crippen molar-refractivity contribution in [2.24, 2.45) is 4.40 Å². The Labute approximate surface area is 146 Å². The third-order valence-corrected chi connectivity index (χ3v) is 7.14. The van der Waals surface area contributed by atoms with Gasteiger partial charge in [0, 0.05) is 18.7 Å². The summed E-state index contributed by atoms with van der Waals surface area (Å²) in [5, 5.41) is 2.32. The fourth-order valence-corrected chi connectivity index (χ4v) is 5.58. The van der Waals surface area contributed by atoms with E-state index in [1.165, 1.54) is 11.3 Å². The molecule has 0 radical (unpaired) electrons. The van der Waals surface area contributed by atoms with Crippen LogP contribution < -0.4 is 4.80 Å². The van der Waals surface area contributed by atoms with E-state index in [0.29, 0.717) is 23.0 Å². The van der Waals surface area contributed by atoms with Crippen LogP contribution >= 0.6 is 34.3 Å². The van der Waals surface area contributed by atoms with Crippen LogP contribution in [0.4, 0.5) is 0 Å². The van der Waals surface area contributed by atoms with E-state index in [1.807, 2.05) is 16.7 Å². The highest BCUT2D eigenvalue weighted by atomic mass is 35.5. The minimum absolute atomic E-state index is 0.228. The van der Waals surface area contributed by atoms with Gasteiger partial charge in [-0.3, -0.25) is 0 Å². The standard InChI is InChI=1S/C14H13ClN2O3S3/c1-20-7-6-17-11-5-4-10(15)9-12(11)22-14(17)16-23(18,19)13-3-2-8-21-13/h2-5,8-9H,6-7H2,1H3. The van der Waals surface area contributed by atoms with Crippen molar-refractivity contribution in [1.29, 1.82) is 0 Å². The van der Waals surface area contributed by atoms with Crippen LogP contribution in [0.5, 0.6) is 0 Å². The molecule has 1 aromatic carbocycles. The van der Waals surface area contributed by atoms with Crippen LogP contribution in [-0.2, 0) is 21.3 Å². The lowest BCUT2D eigenvalue weighted by Crippen LogP contribution is -2.19. The van der Waals surface area contributed by atoms with Gasteiger partial charge in [-0.2, -0.15) is 8.42 Å². The van der Waals surface area contributed by atoms with Crippen molar-refractivity contribution >= 4 is 54.5 Å². The Morgan fingerprint density at radius 1 is 1.35 bits per heavy atom. The number of methoxy groups -OCH3 is 1. The maximum absolute atomic E-state index is 12.4. The summed E-state index contributed by atoms with van der Waals surface area (Å²) in [6.07, 6.45) is 0. The summed E-state index contributed by atoms with van der Waals surface area (Å²) in [5.41, 5.74) is 0.886. The first kappa shape index (κ1) is 16.7. The zero-order valence-electron chi connectivity index (χ0n) is 12.1. The lowest BCUT2D eigenvalue weighted by Gasteiger charge is -2.04. The molecule has 3 rings (SSSR count). The van der Waals surface area contributed by atoms with Gasteiger partial charge in [0.1, 0.15) is 4.21 Å². The Morgan fingerprint density at radius 3 is 2.87 bits per heavy atom.